The molecule has 0 aliphatic heterocycles. The molecule has 0 bridgehead atoms. The molecule has 0 amide bonds. The number of phosphoric ester groups is 1. The van der Waals surface area contributed by atoms with Gasteiger partial charge in [-0.2, -0.15) is 0 Å². The maximum absolute atomic E-state index is 11.7. The van der Waals surface area contributed by atoms with Gasteiger partial charge in [-0.15, -0.1) is 0 Å². The van der Waals surface area contributed by atoms with Gasteiger partial charge in [0.25, 0.3) is 0 Å². The lowest BCUT2D eigenvalue weighted by Crippen LogP contribution is -2.08. The van der Waals surface area contributed by atoms with Gasteiger partial charge in [0.05, 0.1) is 26.4 Å². The fourth-order valence-corrected chi connectivity index (χ4v) is 3.32. The lowest BCUT2D eigenvalue weighted by atomic mass is 10.1. The van der Waals surface area contributed by atoms with Gasteiger partial charge in [0.15, 0.2) is 0 Å². The zero-order valence-electron chi connectivity index (χ0n) is 17.7. The first kappa shape index (κ1) is 27.0. The first-order valence-electron chi connectivity index (χ1n) is 10.9. The van der Waals surface area contributed by atoms with Crippen molar-refractivity contribution in [1.29, 1.82) is 0 Å². The van der Waals surface area contributed by atoms with Gasteiger partial charge >= 0.3 is 7.82 Å². The molecule has 0 radical (unpaired) electrons. The molecule has 0 unspecified atom stereocenters. The lowest BCUT2D eigenvalue weighted by Gasteiger charge is -2.12. The average Bonchev–Trinajstić information content (AvgIpc) is 2.64. The Balaban J connectivity index is 3.32. The monoisotopic (exact) mass is 410 g/mol. The minimum atomic E-state index is -4.00. The Morgan fingerprint density at radius 1 is 0.556 bits per heavy atom. The summed E-state index contributed by atoms with van der Waals surface area (Å²) in [4.78, 5) is 9.56. The van der Waals surface area contributed by atoms with Gasteiger partial charge in [0, 0.05) is 13.2 Å². The van der Waals surface area contributed by atoms with Crippen LogP contribution in [0.4, 0.5) is 0 Å². The van der Waals surface area contributed by atoms with E-state index in [1.165, 1.54) is 64.2 Å². The highest BCUT2D eigenvalue weighted by Crippen LogP contribution is 2.42. The third-order valence-electron chi connectivity index (χ3n) is 4.25. The van der Waals surface area contributed by atoms with Crippen LogP contribution in [0.5, 0.6) is 0 Å². The molecule has 0 aromatic rings. The highest BCUT2D eigenvalue weighted by atomic mass is 31.2. The van der Waals surface area contributed by atoms with Gasteiger partial charge < -0.3 is 14.4 Å². The van der Waals surface area contributed by atoms with Gasteiger partial charge in [0.2, 0.25) is 0 Å². The molecule has 0 heterocycles. The van der Waals surface area contributed by atoms with Gasteiger partial charge in [-0.3, -0.25) is 9.05 Å². The van der Waals surface area contributed by atoms with Gasteiger partial charge in [0.1, 0.15) is 0 Å². The second-order valence-corrected chi connectivity index (χ2v) is 8.35. The van der Waals surface area contributed by atoms with E-state index in [1.54, 1.807) is 0 Å². The van der Waals surface area contributed by atoms with E-state index < -0.39 is 7.82 Å². The van der Waals surface area contributed by atoms with E-state index in [9.17, 15) is 9.46 Å². The number of ether oxygens (including phenoxy) is 2. The van der Waals surface area contributed by atoms with Crippen molar-refractivity contribution in [1.82, 2.24) is 0 Å². The fraction of sp³-hybridized carbons (Fsp3) is 1.00. The van der Waals surface area contributed by atoms with E-state index in [0.717, 1.165) is 12.8 Å². The van der Waals surface area contributed by atoms with E-state index >= 15 is 0 Å². The summed E-state index contributed by atoms with van der Waals surface area (Å²) in [6, 6.07) is 0. The van der Waals surface area contributed by atoms with E-state index in [2.05, 4.69) is 13.8 Å². The van der Waals surface area contributed by atoms with Crippen molar-refractivity contribution in [3.05, 3.63) is 0 Å². The fourth-order valence-electron chi connectivity index (χ4n) is 2.63. The second-order valence-electron chi connectivity index (χ2n) is 6.90. The molecule has 0 aliphatic rings. The van der Waals surface area contributed by atoms with Crippen LogP contribution < -0.4 is 0 Å². The van der Waals surface area contributed by atoms with Crippen LogP contribution in [0, 0.1) is 0 Å². The van der Waals surface area contributed by atoms with Crippen LogP contribution in [0.1, 0.15) is 90.9 Å². The van der Waals surface area contributed by atoms with Crippen molar-refractivity contribution >= 4 is 7.82 Å². The molecule has 0 rings (SSSR count). The van der Waals surface area contributed by atoms with E-state index in [1.807, 2.05) is 0 Å². The third kappa shape index (κ3) is 22.2. The second kappa shape index (κ2) is 20.8. The molecule has 0 saturated carbocycles. The Bertz CT molecular complexity index is 312. The number of phosphoric acid groups is 1. The minimum absolute atomic E-state index is 0.0578. The summed E-state index contributed by atoms with van der Waals surface area (Å²) in [5.74, 6) is 0. The van der Waals surface area contributed by atoms with Gasteiger partial charge in [-0.25, -0.2) is 4.57 Å². The standard InChI is InChI=1S/C20H43O6P/c1-3-5-7-9-11-13-15-23-17-19-25-27(21,22)26-20-18-24-16-14-12-10-8-6-4-2/h3-20H2,1-2H3,(H,21,22). The molecule has 0 saturated heterocycles. The molecule has 1 N–H and O–H groups in total. The van der Waals surface area contributed by atoms with Crippen molar-refractivity contribution in [3.8, 4) is 0 Å². The molecule has 7 heteroatoms. The van der Waals surface area contributed by atoms with Crippen LogP contribution in [0.25, 0.3) is 0 Å². The van der Waals surface area contributed by atoms with E-state index in [-0.39, 0.29) is 13.2 Å². The third-order valence-corrected chi connectivity index (χ3v) is 5.27. The average molecular weight is 411 g/mol. The molecule has 0 aliphatic carbocycles. The topological polar surface area (TPSA) is 74.2 Å². The number of hydrogen-bond donors (Lipinski definition) is 1. The molecule has 0 spiro atoms. The maximum atomic E-state index is 11.7. The maximum Gasteiger partial charge on any atom is 0.472 e. The SMILES string of the molecule is CCCCCCCCOCCOP(=O)(O)OCCOCCCCCCCC. The summed E-state index contributed by atoms with van der Waals surface area (Å²) in [6.07, 6.45) is 14.5. The molecule has 6 nitrogen and oxygen atoms in total. The van der Waals surface area contributed by atoms with Crippen molar-refractivity contribution in [2.45, 2.75) is 90.9 Å². The molecule has 0 aromatic carbocycles. The Kier molecular flexibility index (Phi) is 20.8. The predicted octanol–water partition coefficient (Wildman–Crippen LogP) is 5.87. The summed E-state index contributed by atoms with van der Waals surface area (Å²) < 4.78 is 32.3. The van der Waals surface area contributed by atoms with Crippen LogP contribution in [0.3, 0.4) is 0 Å². The van der Waals surface area contributed by atoms with Crippen LogP contribution in [-0.4, -0.2) is 44.5 Å². The van der Waals surface area contributed by atoms with Gasteiger partial charge in [-0.05, 0) is 12.8 Å². The smallest absolute Gasteiger partial charge is 0.379 e. The molecule has 0 aromatic heterocycles. The largest absolute Gasteiger partial charge is 0.472 e. The zero-order chi connectivity index (χ0) is 20.1. The lowest BCUT2D eigenvalue weighted by molar-refractivity contribution is 0.0564. The van der Waals surface area contributed by atoms with Crippen LogP contribution in [0.2, 0.25) is 0 Å². The molecule has 164 valence electrons. The molecule has 0 atom stereocenters. The summed E-state index contributed by atoms with van der Waals surface area (Å²) in [7, 11) is -4.00. The zero-order valence-corrected chi connectivity index (χ0v) is 18.6. The Hall–Kier alpha value is 0.0300. The van der Waals surface area contributed by atoms with Gasteiger partial charge in [-0.1, -0.05) is 78.1 Å². The van der Waals surface area contributed by atoms with Crippen molar-refractivity contribution in [3.63, 3.8) is 0 Å². The Labute approximate surface area is 166 Å². The Morgan fingerprint density at radius 2 is 0.926 bits per heavy atom. The summed E-state index contributed by atoms with van der Waals surface area (Å²) in [5, 5.41) is 0. The summed E-state index contributed by atoms with van der Waals surface area (Å²) in [5.41, 5.74) is 0. The van der Waals surface area contributed by atoms with E-state index in [4.69, 9.17) is 18.5 Å². The molecule has 0 fully saturated rings. The first-order chi connectivity index (χ1) is 13.1. The Morgan fingerprint density at radius 3 is 1.33 bits per heavy atom. The van der Waals surface area contributed by atoms with Crippen molar-refractivity contribution in [2.24, 2.45) is 0 Å². The number of unbranched alkanes of at least 4 members (excludes halogenated alkanes) is 10. The van der Waals surface area contributed by atoms with E-state index in [0.29, 0.717) is 26.4 Å². The van der Waals surface area contributed by atoms with Crippen LogP contribution >= 0.6 is 7.82 Å². The number of rotatable bonds is 22. The molecular weight excluding hydrogens is 367 g/mol. The molecular formula is C20H43O6P. The quantitative estimate of drug-likeness (QED) is 0.178. The highest BCUT2D eigenvalue weighted by Gasteiger charge is 2.20. The summed E-state index contributed by atoms with van der Waals surface area (Å²) >= 11 is 0. The van der Waals surface area contributed by atoms with Crippen LogP contribution in [-0.2, 0) is 23.1 Å². The normalized spacial score (nSPS) is 12.0. The minimum Gasteiger partial charge on any atom is -0.379 e. The number of hydrogen-bond acceptors (Lipinski definition) is 5. The highest BCUT2D eigenvalue weighted by molar-refractivity contribution is 7.47. The van der Waals surface area contributed by atoms with Crippen molar-refractivity contribution in [2.75, 3.05) is 39.6 Å². The van der Waals surface area contributed by atoms with Crippen molar-refractivity contribution < 1.29 is 28.0 Å². The first-order valence-corrected chi connectivity index (χ1v) is 12.4. The van der Waals surface area contributed by atoms with Crippen LogP contribution in [0.15, 0.2) is 0 Å². The predicted molar refractivity (Wildman–Crippen MR) is 110 cm³/mol. The summed E-state index contributed by atoms with van der Waals surface area (Å²) in [6.45, 7) is 6.46. The molecule has 27 heavy (non-hydrogen) atoms.